The molecule has 9 heteroatoms. The summed E-state index contributed by atoms with van der Waals surface area (Å²) in [6.45, 7) is 0.265. The monoisotopic (exact) mass is 447 g/mol. The number of imide groups is 1. The van der Waals surface area contributed by atoms with Gasteiger partial charge in [-0.2, -0.15) is 0 Å². The number of non-ortho nitro benzene ring substituents is 1. The first-order valence-electron chi connectivity index (χ1n) is 9.68. The fraction of sp³-hybridized carbons (Fsp3) is 0.0870. The van der Waals surface area contributed by atoms with Crippen molar-refractivity contribution in [1.29, 1.82) is 0 Å². The van der Waals surface area contributed by atoms with Gasteiger partial charge in [-0.05, 0) is 36.4 Å². The molecule has 0 aromatic heterocycles. The van der Waals surface area contributed by atoms with E-state index in [-0.39, 0.29) is 29.6 Å². The lowest BCUT2D eigenvalue weighted by Gasteiger charge is -2.13. The highest BCUT2D eigenvalue weighted by atomic mass is 32.2. The molecule has 0 atom stereocenters. The Balaban J connectivity index is 1.36. The van der Waals surface area contributed by atoms with Crippen molar-refractivity contribution < 1.29 is 19.3 Å². The fourth-order valence-corrected chi connectivity index (χ4v) is 4.22. The molecule has 1 aliphatic heterocycles. The summed E-state index contributed by atoms with van der Waals surface area (Å²) in [7, 11) is 0. The normalized spacial score (nSPS) is 12.6. The van der Waals surface area contributed by atoms with Crippen LogP contribution in [0.3, 0.4) is 0 Å². The van der Waals surface area contributed by atoms with E-state index in [9.17, 15) is 24.5 Å². The van der Waals surface area contributed by atoms with Gasteiger partial charge in [0.25, 0.3) is 23.4 Å². The smallest absolute Gasteiger partial charge is 0.270 e. The minimum atomic E-state index is -0.553. The first-order valence-corrected chi connectivity index (χ1v) is 10.7. The molecule has 0 unspecified atom stereocenters. The number of nitro groups is 1. The van der Waals surface area contributed by atoms with Gasteiger partial charge in [0, 0.05) is 40.6 Å². The van der Waals surface area contributed by atoms with Crippen molar-refractivity contribution in [3.05, 3.63) is 99.6 Å². The van der Waals surface area contributed by atoms with Crippen molar-refractivity contribution in [1.82, 2.24) is 4.90 Å². The predicted octanol–water partition coefficient (Wildman–Crippen LogP) is 4.24. The summed E-state index contributed by atoms with van der Waals surface area (Å²) in [5, 5.41) is 13.6. The number of anilines is 1. The number of carbonyl (C=O) groups is 3. The Labute approximate surface area is 187 Å². The molecule has 0 saturated carbocycles. The summed E-state index contributed by atoms with van der Waals surface area (Å²) in [6, 6.07) is 19.4. The lowest BCUT2D eigenvalue weighted by Crippen LogP contribution is -2.31. The van der Waals surface area contributed by atoms with E-state index in [0.29, 0.717) is 22.6 Å². The molecule has 4 rings (SSSR count). The highest BCUT2D eigenvalue weighted by Gasteiger charge is 2.34. The van der Waals surface area contributed by atoms with Crippen molar-refractivity contribution in [3.8, 4) is 0 Å². The second kappa shape index (κ2) is 9.03. The maximum Gasteiger partial charge on any atom is 0.270 e. The van der Waals surface area contributed by atoms with Crippen LogP contribution in [0, 0.1) is 10.1 Å². The molecule has 1 N–H and O–H groups in total. The maximum atomic E-state index is 12.4. The van der Waals surface area contributed by atoms with Crippen LogP contribution in [0.2, 0.25) is 0 Å². The fourth-order valence-electron chi connectivity index (χ4n) is 3.32. The van der Waals surface area contributed by atoms with E-state index in [2.05, 4.69) is 5.32 Å². The molecule has 1 aliphatic rings. The Morgan fingerprint density at radius 2 is 1.62 bits per heavy atom. The van der Waals surface area contributed by atoms with Crippen molar-refractivity contribution in [2.24, 2.45) is 0 Å². The van der Waals surface area contributed by atoms with Crippen LogP contribution >= 0.6 is 11.8 Å². The van der Waals surface area contributed by atoms with Gasteiger partial charge in [0.05, 0.1) is 16.1 Å². The average Bonchev–Trinajstić information content (AvgIpc) is 3.04. The van der Waals surface area contributed by atoms with Gasteiger partial charge in [0.1, 0.15) is 0 Å². The van der Waals surface area contributed by atoms with Crippen molar-refractivity contribution in [2.75, 3.05) is 17.6 Å². The van der Waals surface area contributed by atoms with Crippen LogP contribution in [-0.2, 0) is 0 Å². The van der Waals surface area contributed by atoms with Gasteiger partial charge in [-0.3, -0.25) is 29.4 Å². The maximum absolute atomic E-state index is 12.4. The number of benzene rings is 3. The van der Waals surface area contributed by atoms with E-state index in [0.717, 1.165) is 4.90 Å². The molecule has 160 valence electrons. The van der Waals surface area contributed by atoms with Gasteiger partial charge in [-0.25, -0.2) is 0 Å². The third kappa shape index (κ3) is 4.37. The first kappa shape index (κ1) is 21.3. The number of nitro benzene ring substituents is 1. The van der Waals surface area contributed by atoms with Crippen molar-refractivity contribution in [2.45, 2.75) is 4.90 Å². The van der Waals surface area contributed by atoms with Crippen LogP contribution in [0.15, 0.2) is 77.7 Å². The van der Waals surface area contributed by atoms with Crippen molar-refractivity contribution >= 4 is 40.9 Å². The first-order chi connectivity index (χ1) is 15.4. The topological polar surface area (TPSA) is 110 Å². The molecule has 0 bridgehead atoms. The van der Waals surface area contributed by atoms with Crippen LogP contribution < -0.4 is 5.32 Å². The standard InChI is InChI=1S/C23H17N3O5S/c27-21(15-5-3-7-17(13-15)26(30)31)24-16-6-4-8-18(14-16)32-12-11-25-22(28)19-9-1-2-10-20(19)23(25)29/h1-10,13-14H,11-12H2,(H,24,27). The molecule has 0 saturated heterocycles. The second-order valence-electron chi connectivity index (χ2n) is 6.95. The lowest BCUT2D eigenvalue weighted by molar-refractivity contribution is -0.384. The third-order valence-electron chi connectivity index (χ3n) is 4.87. The van der Waals surface area contributed by atoms with Crippen LogP contribution in [0.25, 0.3) is 0 Å². The molecular formula is C23H17N3O5S. The molecule has 0 spiro atoms. The van der Waals surface area contributed by atoms with Gasteiger partial charge in [0.2, 0.25) is 0 Å². The summed E-state index contributed by atoms with van der Waals surface area (Å²) >= 11 is 1.45. The molecular weight excluding hydrogens is 430 g/mol. The summed E-state index contributed by atoms with van der Waals surface area (Å²) < 4.78 is 0. The van der Waals surface area contributed by atoms with E-state index in [1.54, 1.807) is 42.5 Å². The summed E-state index contributed by atoms with van der Waals surface area (Å²) in [5.74, 6) is -0.538. The quantitative estimate of drug-likeness (QED) is 0.251. The lowest BCUT2D eigenvalue weighted by atomic mass is 10.1. The third-order valence-corrected chi connectivity index (χ3v) is 5.85. The number of rotatable bonds is 7. The van der Waals surface area contributed by atoms with E-state index in [1.807, 2.05) is 6.07 Å². The van der Waals surface area contributed by atoms with Gasteiger partial charge in [-0.1, -0.05) is 24.3 Å². The van der Waals surface area contributed by atoms with E-state index >= 15 is 0 Å². The number of hydrogen-bond acceptors (Lipinski definition) is 6. The SMILES string of the molecule is O=C(Nc1cccc(SCCN2C(=O)c3ccccc3C2=O)c1)c1cccc([N+](=O)[O-])c1. The molecule has 0 fully saturated rings. The Morgan fingerprint density at radius 1 is 0.938 bits per heavy atom. The Bertz CT molecular complexity index is 1210. The zero-order chi connectivity index (χ0) is 22.7. The molecule has 0 radical (unpaired) electrons. The minimum Gasteiger partial charge on any atom is -0.322 e. The Hall–Kier alpha value is -3.98. The number of carbonyl (C=O) groups excluding carboxylic acids is 3. The number of nitrogens with zero attached hydrogens (tertiary/aromatic N) is 2. The molecule has 0 aliphatic carbocycles. The molecule has 3 aromatic carbocycles. The molecule has 1 heterocycles. The predicted molar refractivity (Wildman–Crippen MR) is 120 cm³/mol. The summed E-state index contributed by atoms with van der Waals surface area (Å²) in [5.41, 5.74) is 1.41. The zero-order valence-corrected chi connectivity index (χ0v) is 17.5. The van der Waals surface area contributed by atoms with Gasteiger partial charge >= 0.3 is 0 Å². The number of amides is 3. The number of hydrogen-bond donors (Lipinski definition) is 1. The Kier molecular flexibility index (Phi) is 6.00. The van der Waals surface area contributed by atoms with Crippen molar-refractivity contribution in [3.63, 3.8) is 0 Å². The van der Waals surface area contributed by atoms with E-state index in [1.165, 1.54) is 40.9 Å². The van der Waals surface area contributed by atoms with Crippen LogP contribution in [0.1, 0.15) is 31.1 Å². The molecule has 32 heavy (non-hydrogen) atoms. The molecule has 8 nitrogen and oxygen atoms in total. The van der Waals surface area contributed by atoms with E-state index < -0.39 is 10.8 Å². The zero-order valence-electron chi connectivity index (χ0n) is 16.7. The number of nitrogens with one attached hydrogen (secondary N) is 1. The molecule has 3 aromatic rings. The minimum absolute atomic E-state index is 0.157. The van der Waals surface area contributed by atoms with Gasteiger partial charge in [-0.15, -0.1) is 11.8 Å². The second-order valence-corrected chi connectivity index (χ2v) is 8.11. The number of fused-ring (bicyclic) bond motifs is 1. The average molecular weight is 447 g/mol. The highest BCUT2D eigenvalue weighted by Crippen LogP contribution is 2.26. The van der Waals surface area contributed by atoms with Crippen LogP contribution in [-0.4, -0.2) is 39.8 Å². The van der Waals surface area contributed by atoms with Crippen LogP contribution in [0.5, 0.6) is 0 Å². The van der Waals surface area contributed by atoms with Crippen LogP contribution in [0.4, 0.5) is 11.4 Å². The summed E-state index contributed by atoms with van der Waals surface area (Å²) in [4.78, 5) is 49.7. The molecule has 3 amide bonds. The Morgan fingerprint density at radius 3 is 2.31 bits per heavy atom. The van der Waals surface area contributed by atoms with Gasteiger partial charge in [0.15, 0.2) is 0 Å². The van der Waals surface area contributed by atoms with E-state index in [4.69, 9.17) is 0 Å². The number of thioether (sulfide) groups is 1. The highest BCUT2D eigenvalue weighted by molar-refractivity contribution is 7.99. The van der Waals surface area contributed by atoms with Gasteiger partial charge < -0.3 is 5.32 Å². The largest absolute Gasteiger partial charge is 0.322 e. The summed E-state index contributed by atoms with van der Waals surface area (Å²) in [6.07, 6.45) is 0.